The molecule has 0 saturated heterocycles. The maximum atomic E-state index is 2.20. The van der Waals surface area contributed by atoms with E-state index in [0.717, 1.165) is 0 Å². The van der Waals surface area contributed by atoms with E-state index in [-0.39, 0.29) is 11.0 Å². The summed E-state index contributed by atoms with van der Waals surface area (Å²) in [5.41, 5.74) is 4.11. The zero-order valence-corrected chi connectivity index (χ0v) is 7.23. The summed E-state index contributed by atoms with van der Waals surface area (Å²) in [6, 6.07) is 6.50. The van der Waals surface area contributed by atoms with Crippen LogP contribution < -0.4 is 5.46 Å². The van der Waals surface area contributed by atoms with E-state index in [4.69, 9.17) is 0 Å². The minimum absolute atomic E-state index is 0. The average Bonchev–Trinajstić information content (AvgIpc) is 1.80. The molecule has 0 aliphatic rings. The van der Waals surface area contributed by atoms with E-state index < -0.39 is 0 Å². The number of aryl methyl sites for hydroxylation is 2. The Labute approximate surface area is 68.3 Å². The van der Waals surface area contributed by atoms with Gasteiger partial charge < -0.3 is 11.0 Å². The van der Waals surface area contributed by atoms with Gasteiger partial charge in [0.1, 0.15) is 7.85 Å². The molecule has 0 saturated carbocycles. The molecule has 4 N–H and O–H groups in total. The van der Waals surface area contributed by atoms with Crippen LogP contribution >= 0.6 is 0 Å². The molecule has 0 aliphatic heterocycles. The molecule has 0 bridgehead atoms. The van der Waals surface area contributed by atoms with Gasteiger partial charge in [0.05, 0.1) is 0 Å². The summed E-state index contributed by atoms with van der Waals surface area (Å²) in [7, 11) is 2.13. The summed E-state index contributed by atoms with van der Waals surface area (Å²) in [5, 5.41) is 0. The molecule has 1 aromatic carbocycles. The predicted molar refractivity (Wildman–Crippen MR) is 51.3 cm³/mol. The van der Waals surface area contributed by atoms with Crippen LogP contribution in [0, 0.1) is 13.8 Å². The number of hydrogen-bond donors (Lipinski definition) is 0. The van der Waals surface area contributed by atoms with Gasteiger partial charge in [0.2, 0.25) is 0 Å². The van der Waals surface area contributed by atoms with Gasteiger partial charge in [-0.2, -0.15) is 0 Å². The second-order valence-electron chi connectivity index (χ2n) is 2.59. The molecule has 0 aromatic heterocycles. The zero-order chi connectivity index (χ0) is 6.85. The van der Waals surface area contributed by atoms with Crippen LogP contribution in [0.2, 0.25) is 0 Å². The van der Waals surface area contributed by atoms with Crippen molar-refractivity contribution in [1.29, 1.82) is 0 Å². The Morgan fingerprint density at radius 3 is 2.00 bits per heavy atom. The van der Waals surface area contributed by atoms with Gasteiger partial charge in [-0.15, -0.1) is 0 Å². The van der Waals surface area contributed by atoms with Crippen molar-refractivity contribution < 1.29 is 11.0 Å². The van der Waals surface area contributed by atoms with E-state index in [2.05, 4.69) is 39.9 Å². The van der Waals surface area contributed by atoms with Crippen molar-refractivity contribution in [3.05, 3.63) is 29.3 Å². The first-order chi connectivity index (χ1) is 4.20. The van der Waals surface area contributed by atoms with Crippen molar-refractivity contribution in [2.24, 2.45) is 0 Å². The Bertz CT molecular complexity index is 223. The average molecular weight is 154 g/mol. The smallest absolute Gasteiger partial charge is 0.139 e. The highest BCUT2D eigenvalue weighted by molar-refractivity contribution is 6.33. The van der Waals surface area contributed by atoms with Gasteiger partial charge in [-0.05, 0) is 13.8 Å². The summed E-state index contributed by atoms with van der Waals surface area (Å²) < 4.78 is 0. The minimum Gasteiger partial charge on any atom is -0.412 e. The summed E-state index contributed by atoms with van der Waals surface area (Å²) in [6.07, 6.45) is 0. The van der Waals surface area contributed by atoms with Gasteiger partial charge in [-0.25, -0.2) is 0 Å². The van der Waals surface area contributed by atoms with Crippen LogP contribution in [0.3, 0.4) is 0 Å². The maximum absolute atomic E-state index is 2.20. The van der Waals surface area contributed by atoms with E-state index >= 15 is 0 Å². The highest BCUT2D eigenvalue weighted by atomic mass is 16.0. The first-order valence-corrected chi connectivity index (χ1v) is 3.24. The Morgan fingerprint density at radius 1 is 1.09 bits per heavy atom. The topological polar surface area (TPSA) is 63.0 Å². The molecule has 0 atom stereocenters. The van der Waals surface area contributed by atoms with Crippen LogP contribution in [0.4, 0.5) is 0 Å². The van der Waals surface area contributed by atoms with Crippen LogP contribution in [0.5, 0.6) is 0 Å². The van der Waals surface area contributed by atoms with Gasteiger partial charge in [0.15, 0.2) is 0 Å². The number of benzene rings is 1. The third-order valence-electron chi connectivity index (χ3n) is 1.66. The van der Waals surface area contributed by atoms with E-state index in [1.165, 1.54) is 16.6 Å². The predicted octanol–water partition coefficient (Wildman–Crippen LogP) is -1.09. The third-order valence-corrected chi connectivity index (χ3v) is 1.66. The van der Waals surface area contributed by atoms with Crippen LogP contribution in [0.1, 0.15) is 11.1 Å². The minimum atomic E-state index is 0. The number of rotatable bonds is 0. The van der Waals surface area contributed by atoms with E-state index in [1.54, 1.807) is 0 Å². The lowest BCUT2D eigenvalue weighted by molar-refractivity contribution is 0.823. The lowest BCUT2D eigenvalue weighted by Crippen LogP contribution is -2.05. The first kappa shape index (κ1) is 12.8. The maximum Gasteiger partial charge on any atom is 0.139 e. The lowest BCUT2D eigenvalue weighted by atomic mass is 9.90. The largest absolute Gasteiger partial charge is 0.412 e. The van der Waals surface area contributed by atoms with Crippen molar-refractivity contribution in [3.63, 3.8) is 0 Å². The molecule has 0 spiro atoms. The quantitative estimate of drug-likeness (QED) is 0.426. The molecule has 1 aromatic rings. The highest BCUT2D eigenvalue weighted by Crippen LogP contribution is 1.97. The molecule has 1 rings (SSSR count). The first-order valence-electron chi connectivity index (χ1n) is 3.24. The molecule has 0 radical (unpaired) electrons. The lowest BCUT2D eigenvalue weighted by Gasteiger charge is -1.98. The van der Waals surface area contributed by atoms with Crippen LogP contribution in [-0.4, -0.2) is 18.8 Å². The van der Waals surface area contributed by atoms with Crippen LogP contribution in [0.15, 0.2) is 18.2 Å². The normalized spacial score (nSPS) is 7.82. The van der Waals surface area contributed by atoms with Gasteiger partial charge in [0, 0.05) is 0 Å². The monoisotopic (exact) mass is 154 g/mol. The molecule has 2 nitrogen and oxygen atoms in total. The molecule has 62 valence electrons. The van der Waals surface area contributed by atoms with Crippen LogP contribution in [0.25, 0.3) is 0 Å². The second kappa shape index (κ2) is 4.94. The fraction of sp³-hybridized carbons (Fsp3) is 0.250. The van der Waals surface area contributed by atoms with Gasteiger partial charge in [-0.1, -0.05) is 34.8 Å². The molecule has 3 heteroatoms. The summed E-state index contributed by atoms with van der Waals surface area (Å²) in [5.74, 6) is 0. The highest BCUT2D eigenvalue weighted by Gasteiger charge is 1.89. The van der Waals surface area contributed by atoms with Gasteiger partial charge in [-0.3, -0.25) is 0 Å². The SMILES string of the molecule is Bc1ccc(C)cc1C.O.O. The Hall–Kier alpha value is -0.795. The second-order valence-corrected chi connectivity index (χ2v) is 2.59. The van der Waals surface area contributed by atoms with E-state index in [9.17, 15) is 0 Å². The molecule has 0 unspecified atom stereocenters. The summed E-state index contributed by atoms with van der Waals surface area (Å²) in [4.78, 5) is 0. The van der Waals surface area contributed by atoms with Crippen molar-refractivity contribution >= 4 is 13.3 Å². The zero-order valence-electron chi connectivity index (χ0n) is 7.23. The molecule has 11 heavy (non-hydrogen) atoms. The van der Waals surface area contributed by atoms with Crippen LogP contribution in [-0.2, 0) is 0 Å². The Morgan fingerprint density at radius 2 is 1.64 bits per heavy atom. The third kappa shape index (κ3) is 3.21. The van der Waals surface area contributed by atoms with E-state index in [1.807, 2.05) is 0 Å². The van der Waals surface area contributed by atoms with Crippen molar-refractivity contribution in [2.45, 2.75) is 13.8 Å². The Kier molecular flexibility index (Phi) is 5.76. The molecule has 0 aliphatic carbocycles. The summed E-state index contributed by atoms with van der Waals surface area (Å²) >= 11 is 0. The Balaban J connectivity index is 0. The van der Waals surface area contributed by atoms with E-state index in [0.29, 0.717) is 0 Å². The molecular weight excluding hydrogens is 139 g/mol. The standard InChI is InChI=1S/C8H11B.2H2O/c1-6-3-4-8(9)7(2)5-6;;/h3-5H,9H2,1-2H3;2*1H2. The number of hydrogen-bond acceptors (Lipinski definition) is 0. The van der Waals surface area contributed by atoms with Gasteiger partial charge in [0.25, 0.3) is 0 Å². The van der Waals surface area contributed by atoms with Crippen molar-refractivity contribution in [2.75, 3.05) is 0 Å². The van der Waals surface area contributed by atoms with Crippen molar-refractivity contribution in [1.82, 2.24) is 0 Å². The molecule has 0 heterocycles. The fourth-order valence-corrected chi connectivity index (χ4v) is 0.891. The molecule has 0 amide bonds. The summed E-state index contributed by atoms with van der Waals surface area (Å²) in [6.45, 7) is 4.26. The van der Waals surface area contributed by atoms with Crippen molar-refractivity contribution in [3.8, 4) is 0 Å². The molecule has 0 fully saturated rings. The fourth-order valence-electron chi connectivity index (χ4n) is 0.891. The molecular formula is C8H15BO2. The van der Waals surface area contributed by atoms with Gasteiger partial charge >= 0.3 is 0 Å².